The first-order chi connectivity index (χ1) is 9.65. The van der Waals surface area contributed by atoms with Crippen molar-refractivity contribution < 1.29 is 14.3 Å². The highest BCUT2D eigenvalue weighted by Crippen LogP contribution is 2.06. The topological polar surface area (TPSA) is 84.7 Å². The van der Waals surface area contributed by atoms with Gasteiger partial charge in [-0.15, -0.1) is 12.4 Å². The van der Waals surface area contributed by atoms with E-state index < -0.39 is 6.09 Å². The molecule has 1 unspecified atom stereocenters. The Balaban J connectivity index is 0.00000220. The Kier molecular flexibility index (Phi) is 6.98. The zero-order chi connectivity index (χ0) is 14.4. The summed E-state index contributed by atoms with van der Waals surface area (Å²) in [5.41, 5.74) is 6.63. The molecular formula is C14H20ClN3O3. The molecule has 1 aromatic rings. The van der Waals surface area contributed by atoms with E-state index in [9.17, 15) is 9.59 Å². The van der Waals surface area contributed by atoms with E-state index in [1.807, 2.05) is 30.3 Å². The van der Waals surface area contributed by atoms with Gasteiger partial charge >= 0.3 is 6.09 Å². The minimum atomic E-state index is -0.592. The number of likely N-dealkylation sites (tertiary alicyclic amines) is 1. The average molecular weight is 314 g/mol. The number of amides is 2. The first-order valence-electron chi connectivity index (χ1n) is 6.63. The molecule has 1 aliphatic rings. The number of nitrogens with zero attached hydrogens (tertiary/aromatic N) is 1. The van der Waals surface area contributed by atoms with Gasteiger partial charge in [-0.05, 0) is 12.0 Å². The van der Waals surface area contributed by atoms with Crippen LogP contribution in [-0.2, 0) is 16.1 Å². The molecule has 1 fully saturated rings. The van der Waals surface area contributed by atoms with Gasteiger partial charge in [-0.1, -0.05) is 30.3 Å². The first-order valence-corrected chi connectivity index (χ1v) is 6.63. The molecule has 0 aliphatic carbocycles. The summed E-state index contributed by atoms with van der Waals surface area (Å²) in [7, 11) is 0. The maximum atomic E-state index is 11.8. The molecule has 0 bridgehead atoms. The lowest BCUT2D eigenvalue weighted by atomic mass is 10.2. The first kappa shape index (κ1) is 17.3. The van der Waals surface area contributed by atoms with Crippen LogP contribution in [0.3, 0.4) is 0 Å². The average Bonchev–Trinajstić information content (AvgIpc) is 2.90. The van der Waals surface area contributed by atoms with E-state index >= 15 is 0 Å². The quantitative estimate of drug-likeness (QED) is 0.864. The Bertz CT molecular complexity index is 470. The summed E-state index contributed by atoms with van der Waals surface area (Å²) in [6.45, 7) is 1.34. The molecule has 1 atom stereocenters. The van der Waals surface area contributed by atoms with E-state index in [2.05, 4.69) is 5.32 Å². The zero-order valence-electron chi connectivity index (χ0n) is 11.7. The van der Waals surface area contributed by atoms with Crippen molar-refractivity contribution in [1.29, 1.82) is 0 Å². The van der Waals surface area contributed by atoms with Crippen molar-refractivity contribution in [3.05, 3.63) is 35.9 Å². The van der Waals surface area contributed by atoms with E-state index in [0.717, 1.165) is 12.0 Å². The maximum absolute atomic E-state index is 11.8. The Morgan fingerprint density at radius 1 is 1.33 bits per heavy atom. The Morgan fingerprint density at radius 3 is 2.67 bits per heavy atom. The lowest BCUT2D eigenvalue weighted by molar-refractivity contribution is -0.129. The van der Waals surface area contributed by atoms with Crippen molar-refractivity contribution in [3.63, 3.8) is 0 Å². The summed E-state index contributed by atoms with van der Waals surface area (Å²) >= 11 is 0. The molecule has 0 aromatic heterocycles. The van der Waals surface area contributed by atoms with Crippen molar-refractivity contribution in [1.82, 2.24) is 10.2 Å². The van der Waals surface area contributed by atoms with Gasteiger partial charge < -0.3 is 20.7 Å². The van der Waals surface area contributed by atoms with Crippen LogP contribution < -0.4 is 11.1 Å². The third-order valence-corrected chi connectivity index (χ3v) is 3.17. The lowest BCUT2D eigenvalue weighted by Gasteiger charge is -2.15. The zero-order valence-corrected chi connectivity index (χ0v) is 12.5. The van der Waals surface area contributed by atoms with Crippen LogP contribution in [0.2, 0.25) is 0 Å². The molecule has 0 radical (unpaired) electrons. The van der Waals surface area contributed by atoms with Crippen LogP contribution in [0.25, 0.3) is 0 Å². The number of hydrogen-bond donors (Lipinski definition) is 2. The number of rotatable bonds is 4. The Morgan fingerprint density at radius 2 is 2.05 bits per heavy atom. The number of alkyl carbamates (subject to hydrolysis) is 1. The van der Waals surface area contributed by atoms with Gasteiger partial charge in [-0.3, -0.25) is 4.79 Å². The molecule has 1 heterocycles. The fraction of sp³-hybridized carbons (Fsp3) is 0.429. The monoisotopic (exact) mass is 313 g/mol. The van der Waals surface area contributed by atoms with Gasteiger partial charge in [0.1, 0.15) is 13.2 Å². The number of nitrogens with one attached hydrogen (secondary N) is 1. The maximum Gasteiger partial charge on any atom is 0.407 e. The number of hydrogen-bond acceptors (Lipinski definition) is 4. The molecule has 0 spiro atoms. The number of carbonyl (C=O) groups is 2. The lowest BCUT2D eigenvalue weighted by Crippen LogP contribution is -2.40. The SMILES string of the molecule is Cl.NC1CCN(C(=O)CNC(=O)OCc2ccccc2)C1. The molecule has 2 rings (SSSR count). The van der Waals surface area contributed by atoms with Crippen molar-refractivity contribution in [3.8, 4) is 0 Å². The van der Waals surface area contributed by atoms with Crippen LogP contribution in [0.1, 0.15) is 12.0 Å². The van der Waals surface area contributed by atoms with Gasteiger partial charge in [0.2, 0.25) is 5.91 Å². The highest BCUT2D eigenvalue weighted by atomic mass is 35.5. The summed E-state index contributed by atoms with van der Waals surface area (Å²) < 4.78 is 5.02. The third kappa shape index (κ3) is 5.61. The van der Waals surface area contributed by atoms with E-state index in [1.165, 1.54) is 0 Å². The fourth-order valence-corrected chi connectivity index (χ4v) is 2.05. The van der Waals surface area contributed by atoms with Crippen LogP contribution in [-0.4, -0.2) is 42.6 Å². The number of benzene rings is 1. The smallest absolute Gasteiger partial charge is 0.407 e. The number of ether oxygens (including phenoxy) is 1. The Hall–Kier alpha value is -1.79. The van der Waals surface area contributed by atoms with Crippen LogP contribution >= 0.6 is 12.4 Å². The molecule has 1 aromatic carbocycles. The van der Waals surface area contributed by atoms with Gasteiger partial charge in [-0.25, -0.2) is 4.79 Å². The largest absolute Gasteiger partial charge is 0.445 e. The molecule has 21 heavy (non-hydrogen) atoms. The minimum absolute atomic E-state index is 0. The van der Waals surface area contributed by atoms with Crippen LogP contribution in [0.4, 0.5) is 4.79 Å². The molecule has 0 saturated carbocycles. The van der Waals surface area contributed by atoms with Crippen molar-refractivity contribution >= 4 is 24.4 Å². The molecular weight excluding hydrogens is 294 g/mol. The van der Waals surface area contributed by atoms with Crippen molar-refractivity contribution in [2.24, 2.45) is 5.73 Å². The second kappa shape index (κ2) is 8.49. The van der Waals surface area contributed by atoms with Crippen LogP contribution in [0.5, 0.6) is 0 Å². The summed E-state index contributed by atoms with van der Waals surface area (Å²) in [6.07, 6.45) is 0.218. The minimum Gasteiger partial charge on any atom is -0.445 e. The van der Waals surface area contributed by atoms with Crippen molar-refractivity contribution in [2.45, 2.75) is 19.1 Å². The van der Waals surface area contributed by atoms with Crippen LogP contribution in [0.15, 0.2) is 30.3 Å². The van der Waals surface area contributed by atoms with Gasteiger partial charge in [0.15, 0.2) is 0 Å². The van der Waals surface area contributed by atoms with Crippen molar-refractivity contribution in [2.75, 3.05) is 19.6 Å². The van der Waals surface area contributed by atoms with E-state index in [-0.39, 0.29) is 37.5 Å². The number of nitrogens with two attached hydrogens (primary N) is 1. The highest BCUT2D eigenvalue weighted by molar-refractivity contribution is 5.85. The second-order valence-corrected chi connectivity index (χ2v) is 4.80. The molecule has 1 aliphatic heterocycles. The number of halogens is 1. The highest BCUT2D eigenvalue weighted by Gasteiger charge is 2.23. The summed E-state index contributed by atoms with van der Waals surface area (Å²) in [5.74, 6) is -0.130. The third-order valence-electron chi connectivity index (χ3n) is 3.17. The van der Waals surface area contributed by atoms with Gasteiger partial charge in [0.05, 0.1) is 0 Å². The molecule has 2 amide bonds. The summed E-state index contributed by atoms with van der Waals surface area (Å²) in [4.78, 5) is 24.9. The molecule has 6 nitrogen and oxygen atoms in total. The van der Waals surface area contributed by atoms with E-state index in [4.69, 9.17) is 10.5 Å². The predicted molar refractivity (Wildman–Crippen MR) is 81.1 cm³/mol. The second-order valence-electron chi connectivity index (χ2n) is 4.80. The van der Waals surface area contributed by atoms with Gasteiger partial charge in [0, 0.05) is 19.1 Å². The van der Waals surface area contributed by atoms with E-state index in [0.29, 0.717) is 13.1 Å². The van der Waals surface area contributed by atoms with Crippen LogP contribution in [0, 0.1) is 0 Å². The van der Waals surface area contributed by atoms with E-state index in [1.54, 1.807) is 4.90 Å². The summed E-state index contributed by atoms with van der Waals surface area (Å²) in [5, 5.41) is 2.45. The predicted octanol–water partition coefficient (Wildman–Crippen LogP) is 0.894. The normalized spacial score (nSPS) is 17.0. The Labute approximate surface area is 130 Å². The number of carbonyl (C=O) groups excluding carboxylic acids is 2. The molecule has 3 N–H and O–H groups in total. The van der Waals surface area contributed by atoms with Gasteiger partial charge in [0.25, 0.3) is 0 Å². The summed E-state index contributed by atoms with van der Waals surface area (Å²) in [6, 6.07) is 9.41. The molecule has 7 heteroatoms. The van der Waals surface area contributed by atoms with Gasteiger partial charge in [-0.2, -0.15) is 0 Å². The molecule has 116 valence electrons. The molecule has 1 saturated heterocycles. The fourth-order valence-electron chi connectivity index (χ4n) is 2.05. The standard InChI is InChI=1S/C14H19N3O3.ClH/c15-12-6-7-17(9-12)13(18)8-16-14(19)20-10-11-4-2-1-3-5-11;/h1-5,12H,6-10,15H2,(H,16,19);1H.